The molecule has 0 aromatic heterocycles. The van der Waals surface area contributed by atoms with Crippen LogP contribution in [0.5, 0.6) is 0 Å². The minimum Gasteiger partial charge on any atom is -0.317 e. The third kappa shape index (κ3) is 3.80. The molecule has 106 valence electrons. The fraction of sp³-hybridized carbons (Fsp3) is 0.600. The molecule has 1 atom stereocenters. The number of aryl methyl sites for hydroxylation is 1. The van der Waals surface area contributed by atoms with Crippen LogP contribution in [0.4, 0.5) is 0 Å². The van der Waals surface area contributed by atoms with Crippen LogP contribution < -0.4 is 5.32 Å². The molecule has 2 rings (SSSR count). The van der Waals surface area contributed by atoms with Crippen LogP contribution in [0, 0.1) is 6.92 Å². The molecule has 0 amide bonds. The molecular weight excluding hydrogens is 258 g/mol. The number of hydrogen-bond acceptors (Lipinski definition) is 3. The Morgan fingerprint density at radius 1 is 1.00 bits per heavy atom. The molecular formula is C15H23NO2S. The summed E-state index contributed by atoms with van der Waals surface area (Å²) in [6, 6.07) is 7.23. The predicted molar refractivity (Wildman–Crippen MR) is 78.1 cm³/mol. The first-order valence-corrected chi connectivity index (χ1v) is 8.66. The van der Waals surface area contributed by atoms with E-state index in [1.807, 2.05) is 19.1 Å². The summed E-state index contributed by atoms with van der Waals surface area (Å²) in [4.78, 5) is 0.474. The van der Waals surface area contributed by atoms with Crippen molar-refractivity contribution in [3.8, 4) is 0 Å². The van der Waals surface area contributed by atoms with E-state index in [1.54, 1.807) is 12.1 Å². The van der Waals surface area contributed by atoms with Crippen molar-refractivity contribution in [1.82, 2.24) is 5.32 Å². The highest BCUT2D eigenvalue weighted by molar-refractivity contribution is 7.92. The van der Waals surface area contributed by atoms with Crippen LogP contribution >= 0.6 is 0 Å². The molecule has 1 fully saturated rings. The Morgan fingerprint density at radius 2 is 1.74 bits per heavy atom. The molecule has 3 nitrogen and oxygen atoms in total. The molecule has 1 aliphatic rings. The molecule has 1 unspecified atom stereocenters. The average Bonchev–Trinajstić information content (AvgIpc) is 2.52. The van der Waals surface area contributed by atoms with Crippen LogP contribution in [-0.4, -0.2) is 26.8 Å². The van der Waals surface area contributed by atoms with Gasteiger partial charge in [-0.2, -0.15) is 0 Å². The molecule has 1 heterocycles. The zero-order chi connectivity index (χ0) is 13.7. The molecule has 1 saturated heterocycles. The second kappa shape index (κ2) is 6.53. The zero-order valence-electron chi connectivity index (χ0n) is 11.6. The number of nitrogens with one attached hydrogen (secondary N) is 1. The first-order chi connectivity index (χ1) is 9.10. The van der Waals surface area contributed by atoms with Gasteiger partial charge in [-0.15, -0.1) is 0 Å². The van der Waals surface area contributed by atoms with Crippen LogP contribution in [0.15, 0.2) is 29.2 Å². The number of sulfone groups is 1. The lowest BCUT2D eigenvalue weighted by molar-refractivity contribution is 0.551. The van der Waals surface area contributed by atoms with E-state index in [4.69, 9.17) is 0 Å². The van der Waals surface area contributed by atoms with Gasteiger partial charge in [0.25, 0.3) is 0 Å². The summed E-state index contributed by atoms with van der Waals surface area (Å²) in [5.41, 5.74) is 1.09. The summed E-state index contributed by atoms with van der Waals surface area (Å²) in [6.07, 6.45) is 4.79. The quantitative estimate of drug-likeness (QED) is 0.906. The summed E-state index contributed by atoms with van der Waals surface area (Å²) in [7, 11) is -3.17. The first kappa shape index (κ1) is 14.5. The summed E-state index contributed by atoms with van der Waals surface area (Å²) >= 11 is 0. The summed E-state index contributed by atoms with van der Waals surface area (Å²) in [5.74, 6) is 0. The van der Waals surface area contributed by atoms with Gasteiger partial charge >= 0.3 is 0 Å². The fourth-order valence-electron chi connectivity index (χ4n) is 2.56. The van der Waals surface area contributed by atoms with Crippen molar-refractivity contribution < 1.29 is 8.42 Å². The van der Waals surface area contributed by atoms with Crippen LogP contribution in [-0.2, 0) is 9.84 Å². The lowest BCUT2D eigenvalue weighted by Crippen LogP contribution is -2.26. The van der Waals surface area contributed by atoms with Crippen LogP contribution in [0.1, 0.15) is 37.7 Å². The maximum Gasteiger partial charge on any atom is 0.181 e. The van der Waals surface area contributed by atoms with Crippen molar-refractivity contribution in [2.45, 2.75) is 49.2 Å². The average molecular weight is 281 g/mol. The Hall–Kier alpha value is -0.870. The van der Waals surface area contributed by atoms with E-state index in [9.17, 15) is 8.42 Å². The van der Waals surface area contributed by atoms with Crippen molar-refractivity contribution in [1.29, 1.82) is 0 Å². The van der Waals surface area contributed by atoms with Crippen LogP contribution in [0.3, 0.4) is 0 Å². The molecule has 0 aliphatic carbocycles. The lowest BCUT2D eigenvalue weighted by atomic mass is 10.1. The van der Waals surface area contributed by atoms with Gasteiger partial charge in [-0.05, 0) is 51.4 Å². The minimum absolute atomic E-state index is 0.235. The predicted octanol–water partition coefficient (Wildman–Crippen LogP) is 2.69. The van der Waals surface area contributed by atoms with E-state index < -0.39 is 9.84 Å². The van der Waals surface area contributed by atoms with E-state index in [0.717, 1.165) is 50.8 Å². The van der Waals surface area contributed by atoms with Gasteiger partial charge in [0.2, 0.25) is 0 Å². The summed E-state index contributed by atoms with van der Waals surface area (Å²) < 4.78 is 25.3. The number of rotatable bonds is 2. The Labute approximate surface area is 116 Å². The smallest absolute Gasteiger partial charge is 0.181 e. The highest BCUT2D eigenvalue weighted by atomic mass is 32.2. The fourth-order valence-corrected chi connectivity index (χ4v) is 4.37. The highest BCUT2D eigenvalue weighted by Gasteiger charge is 2.26. The Balaban J connectivity index is 2.18. The lowest BCUT2D eigenvalue weighted by Gasteiger charge is -2.17. The van der Waals surface area contributed by atoms with Gasteiger partial charge in [0, 0.05) is 0 Å². The van der Waals surface area contributed by atoms with Gasteiger partial charge < -0.3 is 5.32 Å². The van der Waals surface area contributed by atoms with E-state index >= 15 is 0 Å². The topological polar surface area (TPSA) is 46.2 Å². The standard InChI is InChI=1S/C15H23NO2S/c1-13-6-8-15(9-7-13)19(17,18)14-5-3-2-4-11-16-12-10-14/h6-9,14,16H,2-5,10-12H2,1H3. The van der Waals surface area contributed by atoms with Crippen molar-refractivity contribution in [2.24, 2.45) is 0 Å². The molecule has 1 aromatic carbocycles. The maximum atomic E-state index is 12.6. The maximum absolute atomic E-state index is 12.6. The highest BCUT2D eigenvalue weighted by Crippen LogP contribution is 2.23. The van der Waals surface area contributed by atoms with Crippen molar-refractivity contribution >= 4 is 9.84 Å². The largest absolute Gasteiger partial charge is 0.317 e. The van der Waals surface area contributed by atoms with Gasteiger partial charge in [0.05, 0.1) is 10.1 Å². The molecule has 4 heteroatoms. The first-order valence-electron chi connectivity index (χ1n) is 7.12. The van der Waals surface area contributed by atoms with Crippen LogP contribution in [0.2, 0.25) is 0 Å². The van der Waals surface area contributed by atoms with E-state index in [-0.39, 0.29) is 5.25 Å². The zero-order valence-corrected chi connectivity index (χ0v) is 12.4. The molecule has 0 spiro atoms. The Bertz CT molecular complexity index is 483. The molecule has 0 radical (unpaired) electrons. The molecule has 1 N–H and O–H groups in total. The van der Waals surface area contributed by atoms with Gasteiger partial charge in [-0.3, -0.25) is 0 Å². The van der Waals surface area contributed by atoms with Crippen molar-refractivity contribution in [2.75, 3.05) is 13.1 Å². The van der Waals surface area contributed by atoms with E-state index in [2.05, 4.69) is 5.32 Å². The molecule has 1 aliphatic heterocycles. The molecule has 19 heavy (non-hydrogen) atoms. The minimum atomic E-state index is -3.17. The SMILES string of the molecule is Cc1ccc(S(=O)(=O)C2CCCCCNCC2)cc1. The van der Waals surface area contributed by atoms with Crippen LogP contribution in [0.25, 0.3) is 0 Å². The van der Waals surface area contributed by atoms with Gasteiger partial charge in [0.1, 0.15) is 0 Å². The molecule has 0 bridgehead atoms. The van der Waals surface area contributed by atoms with E-state index in [0.29, 0.717) is 4.90 Å². The number of hydrogen-bond donors (Lipinski definition) is 1. The van der Waals surface area contributed by atoms with Gasteiger partial charge in [-0.25, -0.2) is 8.42 Å². The number of benzene rings is 1. The third-order valence-corrected chi connectivity index (χ3v) is 6.09. The van der Waals surface area contributed by atoms with E-state index in [1.165, 1.54) is 0 Å². The Kier molecular flexibility index (Phi) is 4.99. The third-order valence-electron chi connectivity index (χ3n) is 3.81. The normalized spacial score (nSPS) is 22.3. The monoisotopic (exact) mass is 281 g/mol. The summed E-state index contributed by atoms with van der Waals surface area (Å²) in [5, 5.41) is 3.09. The van der Waals surface area contributed by atoms with Gasteiger partial charge in [0.15, 0.2) is 9.84 Å². The Morgan fingerprint density at radius 3 is 2.47 bits per heavy atom. The summed E-state index contributed by atoms with van der Waals surface area (Å²) in [6.45, 7) is 3.79. The second-order valence-corrected chi connectivity index (χ2v) is 7.60. The molecule has 1 aromatic rings. The van der Waals surface area contributed by atoms with Gasteiger partial charge in [-0.1, -0.05) is 30.5 Å². The van der Waals surface area contributed by atoms with Crippen molar-refractivity contribution in [3.05, 3.63) is 29.8 Å². The second-order valence-electron chi connectivity index (χ2n) is 5.37. The molecule has 0 saturated carbocycles. The van der Waals surface area contributed by atoms with Crippen molar-refractivity contribution in [3.63, 3.8) is 0 Å².